The molecule has 3 N–H and O–H groups in total. The van der Waals surface area contributed by atoms with E-state index in [0.717, 1.165) is 5.56 Å². The Labute approximate surface area is 199 Å². The van der Waals surface area contributed by atoms with Crippen LogP contribution in [0.1, 0.15) is 17.7 Å². The van der Waals surface area contributed by atoms with E-state index in [0.29, 0.717) is 25.1 Å². The summed E-state index contributed by atoms with van der Waals surface area (Å²) in [6.45, 7) is 0.140. The lowest BCUT2D eigenvalue weighted by Gasteiger charge is -2.25. The Kier molecular flexibility index (Phi) is 7.63. The van der Waals surface area contributed by atoms with Gasteiger partial charge in [-0.15, -0.1) is 13.2 Å². The zero-order valence-corrected chi connectivity index (χ0v) is 18.6. The van der Waals surface area contributed by atoms with E-state index in [4.69, 9.17) is 0 Å². The van der Waals surface area contributed by atoms with Gasteiger partial charge >= 0.3 is 6.36 Å². The highest BCUT2D eigenvalue weighted by molar-refractivity contribution is 5.55. The monoisotopic (exact) mass is 491 g/mol. The number of hydrogen-bond donors (Lipinski definition) is 3. The second-order valence-electron chi connectivity index (χ2n) is 8.55. The van der Waals surface area contributed by atoms with Gasteiger partial charge in [0.25, 0.3) is 0 Å². The fourth-order valence-corrected chi connectivity index (χ4v) is 4.56. The van der Waals surface area contributed by atoms with Crippen LogP contribution in [0.25, 0.3) is 11.4 Å². The van der Waals surface area contributed by atoms with Gasteiger partial charge in [0.1, 0.15) is 11.6 Å². The Morgan fingerprint density at radius 2 is 1.77 bits per heavy atom. The number of alkyl halides is 3. The molecule has 3 aromatic rings. The predicted octanol–water partition coefficient (Wildman–Crippen LogP) is 3.87. The third kappa shape index (κ3) is 6.33. The lowest BCUT2D eigenvalue weighted by Crippen LogP contribution is -2.36. The molecule has 0 saturated heterocycles. The zero-order chi connectivity index (χ0) is 25.0. The minimum Gasteiger partial charge on any atom is -0.406 e. The smallest absolute Gasteiger partial charge is 0.406 e. The maximum absolute atomic E-state index is 14.2. The van der Waals surface area contributed by atoms with Crippen molar-refractivity contribution in [3.63, 3.8) is 0 Å². The molecule has 0 radical (unpaired) electrons. The summed E-state index contributed by atoms with van der Waals surface area (Å²) in [5.74, 6) is -1.04. The first-order valence-electron chi connectivity index (χ1n) is 11.2. The van der Waals surface area contributed by atoms with Crippen molar-refractivity contribution in [2.75, 3.05) is 6.61 Å². The number of aliphatic hydroxyl groups excluding tert-OH is 2. The van der Waals surface area contributed by atoms with E-state index in [9.17, 15) is 27.8 Å². The van der Waals surface area contributed by atoms with Gasteiger partial charge < -0.3 is 20.3 Å². The maximum Gasteiger partial charge on any atom is 0.573 e. The summed E-state index contributed by atoms with van der Waals surface area (Å²) in [4.78, 5) is 8.68. The van der Waals surface area contributed by atoms with Gasteiger partial charge in [0.2, 0.25) is 0 Å². The van der Waals surface area contributed by atoms with Crippen molar-refractivity contribution >= 4 is 0 Å². The van der Waals surface area contributed by atoms with Gasteiger partial charge in [-0.25, -0.2) is 14.4 Å². The van der Waals surface area contributed by atoms with Gasteiger partial charge in [-0.2, -0.15) is 0 Å². The summed E-state index contributed by atoms with van der Waals surface area (Å²) in [6.07, 6.45) is -3.10. The summed E-state index contributed by atoms with van der Waals surface area (Å²) in [5.41, 5.74) is 1.67. The highest BCUT2D eigenvalue weighted by atomic mass is 19.4. The van der Waals surface area contributed by atoms with Crippen molar-refractivity contribution in [1.29, 1.82) is 0 Å². The second-order valence-corrected chi connectivity index (χ2v) is 8.55. The molecule has 0 bridgehead atoms. The summed E-state index contributed by atoms with van der Waals surface area (Å²) in [7, 11) is 0. The fourth-order valence-electron chi connectivity index (χ4n) is 4.56. The Hall–Kier alpha value is -3.08. The van der Waals surface area contributed by atoms with Crippen LogP contribution in [0.3, 0.4) is 0 Å². The van der Waals surface area contributed by atoms with Crippen LogP contribution in [0.5, 0.6) is 5.75 Å². The molecule has 35 heavy (non-hydrogen) atoms. The van der Waals surface area contributed by atoms with Crippen LogP contribution in [0.15, 0.2) is 60.8 Å². The van der Waals surface area contributed by atoms with Crippen LogP contribution >= 0.6 is 0 Å². The molecule has 6 nitrogen and oxygen atoms in total. The number of rotatable bonds is 8. The van der Waals surface area contributed by atoms with Gasteiger partial charge in [-0.1, -0.05) is 24.3 Å². The number of nitrogens with zero attached hydrogens (tertiary/aromatic N) is 2. The molecule has 10 heteroatoms. The molecule has 0 aliphatic heterocycles. The summed E-state index contributed by atoms with van der Waals surface area (Å²) in [6, 6.07) is 13.3. The Bertz CT molecular complexity index is 1130. The van der Waals surface area contributed by atoms with Crippen molar-refractivity contribution in [1.82, 2.24) is 15.3 Å². The second kappa shape index (κ2) is 10.7. The van der Waals surface area contributed by atoms with Gasteiger partial charge in [-0.05, 0) is 54.7 Å². The molecule has 1 aromatic heterocycles. The molecule has 4 unspecified atom stereocenters. The van der Waals surface area contributed by atoms with E-state index in [1.807, 2.05) is 0 Å². The van der Waals surface area contributed by atoms with Crippen LogP contribution < -0.4 is 10.1 Å². The molecule has 1 fully saturated rings. The largest absolute Gasteiger partial charge is 0.573 e. The van der Waals surface area contributed by atoms with Crippen LogP contribution in [0, 0.1) is 17.7 Å². The van der Waals surface area contributed by atoms with Gasteiger partial charge in [0.15, 0.2) is 5.82 Å². The topological polar surface area (TPSA) is 87.5 Å². The molecule has 1 heterocycles. The average molecular weight is 491 g/mol. The molecule has 1 aliphatic carbocycles. The highest BCUT2D eigenvalue weighted by Crippen LogP contribution is 2.35. The van der Waals surface area contributed by atoms with Crippen molar-refractivity contribution in [3.8, 4) is 17.1 Å². The van der Waals surface area contributed by atoms with E-state index in [1.165, 1.54) is 30.3 Å². The van der Waals surface area contributed by atoms with Gasteiger partial charge in [-0.3, -0.25) is 0 Å². The SMILES string of the molecule is OCC1C(O)CC(NCc2ccc(OC(F)(F)F)cc2)C1Cc1ccnc(-c2ccccc2F)n1. The van der Waals surface area contributed by atoms with E-state index in [2.05, 4.69) is 20.0 Å². The van der Waals surface area contributed by atoms with Crippen molar-refractivity contribution < 1.29 is 32.5 Å². The number of aliphatic hydroxyl groups is 2. The Balaban J connectivity index is 1.46. The first-order valence-corrected chi connectivity index (χ1v) is 11.2. The van der Waals surface area contributed by atoms with Gasteiger partial charge in [0, 0.05) is 37.0 Å². The molecular formula is C25H25F4N3O3. The Morgan fingerprint density at radius 1 is 1.03 bits per heavy atom. The van der Waals surface area contributed by atoms with Crippen LogP contribution in [-0.4, -0.2) is 45.3 Å². The van der Waals surface area contributed by atoms with Gasteiger partial charge in [0.05, 0.1) is 11.7 Å². The van der Waals surface area contributed by atoms with E-state index in [-0.39, 0.29) is 41.6 Å². The van der Waals surface area contributed by atoms with Crippen molar-refractivity contribution in [2.24, 2.45) is 11.8 Å². The summed E-state index contributed by atoms with van der Waals surface area (Å²) in [5, 5.41) is 23.8. The molecule has 1 aliphatic rings. The molecular weight excluding hydrogens is 466 g/mol. The fraction of sp³-hybridized carbons (Fsp3) is 0.360. The van der Waals surface area contributed by atoms with Crippen molar-refractivity contribution in [2.45, 2.75) is 37.9 Å². The minimum absolute atomic E-state index is 0.175. The molecule has 2 aromatic carbocycles. The standard InChI is InChI=1S/C25H25F4N3O3/c26-21-4-2-1-3-18(21)24-30-10-9-16(32-24)11-19-20(14-33)23(34)12-22(19)31-13-15-5-7-17(8-6-15)35-25(27,28)29/h1-10,19-20,22-23,31,33-34H,11-14H2. The summed E-state index contributed by atoms with van der Waals surface area (Å²) < 4.78 is 55.2. The predicted molar refractivity (Wildman–Crippen MR) is 120 cm³/mol. The van der Waals surface area contributed by atoms with E-state index >= 15 is 0 Å². The molecule has 0 spiro atoms. The molecule has 186 valence electrons. The van der Waals surface area contributed by atoms with E-state index in [1.54, 1.807) is 30.5 Å². The quantitative estimate of drug-likeness (QED) is 0.415. The maximum atomic E-state index is 14.2. The Morgan fingerprint density at radius 3 is 2.46 bits per heavy atom. The molecule has 4 rings (SSSR count). The van der Waals surface area contributed by atoms with Crippen molar-refractivity contribution in [3.05, 3.63) is 77.9 Å². The third-order valence-corrected chi connectivity index (χ3v) is 6.27. The summed E-state index contributed by atoms with van der Waals surface area (Å²) >= 11 is 0. The molecule has 0 amide bonds. The van der Waals surface area contributed by atoms with Crippen LogP contribution in [0.2, 0.25) is 0 Å². The van der Waals surface area contributed by atoms with Crippen LogP contribution in [-0.2, 0) is 13.0 Å². The number of nitrogens with one attached hydrogen (secondary N) is 1. The average Bonchev–Trinajstić information content (AvgIpc) is 3.12. The molecule has 1 saturated carbocycles. The number of benzene rings is 2. The number of halogens is 4. The first kappa shape index (κ1) is 25.0. The zero-order valence-electron chi connectivity index (χ0n) is 18.6. The highest BCUT2D eigenvalue weighted by Gasteiger charge is 2.42. The number of ether oxygens (including phenoxy) is 1. The van der Waals surface area contributed by atoms with Crippen LogP contribution in [0.4, 0.5) is 17.6 Å². The lowest BCUT2D eigenvalue weighted by atomic mass is 9.88. The number of hydrogen-bond acceptors (Lipinski definition) is 6. The third-order valence-electron chi connectivity index (χ3n) is 6.27. The minimum atomic E-state index is -4.75. The first-order chi connectivity index (χ1) is 16.7. The van der Waals surface area contributed by atoms with E-state index < -0.39 is 18.3 Å². The molecule has 4 atom stereocenters. The normalized spacial score (nSPS) is 22.3. The number of aromatic nitrogens is 2. The lowest BCUT2D eigenvalue weighted by molar-refractivity contribution is -0.274.